The van der Waals surface area contributed by atoms with Crippen molar-refractivity contribution in [1.29, 1.82) is 0 Å². The highest BCUT2D eigenvalue weighted by molar-refractivity contribution is 7.99. The zero-order valence-corrected chi connectivity index (χ0v) is 17.3. The average Bonchev–Trinajstić information content (AvgIpc) is 2.65. The molecule has 28 heavy (non-hydrogen) atoms. The van der Waals surface area contributed by atoms with E-state index in [9.17, 15) is 9.90 Å². The highest BCUT2D eigenvalue weighted by atomic mass is 35.5. The summed E-state index contributed by atoms with van der Waals surface area (Å²) in [5.41, 5.74) is 2.31. The predicted molar refractivity (Wildman–Crippen MR) is 117 cm³/mol. The third kappa shape index (κ3) is 5.35. The summed E-state index contributed by atoms with van der Waals surface area (Å²) in [5.74, 6) is -0.119. The molecule has 0 aliphatic heterocycles. The Hall–Kier alpha value is -2.34. The van der Waals surface area contributed by atoms with Gasteiger partial charge in [-0.25, -0.2) is 0 Å². The van der Waals surface area contributed by atoms with Crippen LogP contribution in [0, 0.1) is 0 Å². The molecule has 0 fully saturated rings. The van der Waals surface area contributed by atoms with Crippen LogP contribution in [-0.2, 0) is 11.3 Å². The van der Waals surface area contributed by atoms with Crippen LogP contribution in [0.1, 0.15) is 12.5 Å². The van der Waals surface area contributed by atoms with E-state index in [1.165, 1.54) is 13.0 Å². The van der Waals surface area contributed by atoms with E-state index < -0.39 is 0 Å². The fraction of sp³-hybridized carbons (Fsp3) is 0.0952. The molecule has 0 radical (unpaired) electrons. The van der Waals surface area contributed by atoms with E-state index in [1.807, 2.05) is 48.5 Å². The number of amides is 1. The Kier molecular flexibility index (Phi) is 6.73. The van der Waals surface area contributed by atoms with E-state index in [4.69, 9.17) is 23.2 Å². The monoisotopic (exact) mass is 432 g/mol. The zero-order valence-electron chi connectivity index (χ0n) is 15.0. The van der Waals surface area contributed by atoms with Gasteiger partial charge in [0.1, 0.15) is 0 Å². The molecule has 0 aromatic heterocycles. The fourth-order valence-corrected chi connectivity index (χ4v) is 4.01. The molecular weight excluding hydrogens is 415 g/mol. The van der Waals surface area contributed by atoms with Crippen LogP contribution in [0.15, 0.2) is 70.5 Å². The third-order valence-electron chi connectivity index (χ3n) is 3.87. The Morgan fingerprint density at radius 3 is 2.50 bits per heavy atom. The molecule has 3 aromatic rings. The van der Waals surface area contributed by atoms with E-state index in [1.54, 1.807) is 17.8 Å². The minimum Gasteiger partial charge on any atom is -0.504 e. The standard InChI is InChI=1S/C21H18Cl2N2O2S/c1-13(26)25-16-6-8-17(9-7-16)28-20-5-3-2-4-14(20)12-24-19-11-15(22)10-18(23)21(19)27/h2-11,24,27H,12H2,1H3,(H,25,26). The number of phenols is 1. The van der Waals surface area contributed by atoms with Crippen LogP contribution in [-0.4, -0.2) is 11.0 Å². The van der Waals surface area contributed by atoms with Crippen LogP contribution >= 0.6 is 35.0 Å². The first-order valence-electron chi connectivity index (χ1n) is 8.47. The molecule has 3 N–H and O–H groups in total. The van der Waals surface area contributed by atoms with Gasteiger partial charge in [-0.3, -0.25) is 4.79 Å². The minimum atomic E-state index is -0.0961. The van der Waals surface area contributed by atoms with Gasteiger partial charge in [0.05, 0.1) is 10.7 Å². The van der Waals surface area contributed by atoms with Crippen molar-refractivity contribution in [2.24, 2.45) is 0 Å². The van der Waals surface area contributed by atoms with Crippen molar-refractivity contribution in [3.63, 3.8) is 0 Å². The van der Waals surface area contributed by atoms with Crippen molar-refractivity contribution in [3.05, 3.63) is 76.3 Å². The van der Waals surface area contributed by atoms with E-state index in [-0.39, 0.29) is 16.7 Å². The SMILES string of the molecule is CC(=O)Nc1ccc(Sc2ccccc2CNc2cc(Cl)cc(Cl)c2O)cc1. The molecule has 0 saturated carbocycles. The lowest BCUT2D eigenvalue weighted by molar-refractivity contribution is -0.114. The summed E-state index contributed by atoms with van der Waals surface area (Å²) in [6, 6.07) is 18.8. The lowest BCUT2D eigenvalue weighted by atomic mass is 10.2. The number of rotatable bonds is 6. The minimum absolute atomic E-state index is 0.0234. The second-order valence-electron chi connectivity index (χ2n) is 6.05. The second-order valence-corrected chi connectivity index (χ2v) is 8.01. The summed E-state index contributed by atoms with van der Waals surface area (Å²) in [6.45, 7) is 1.98. The van der Waals surface area contributed by atoms with Crippen LogP contribution < -0.4 is 10.6 Å². The lowest BCUT2D eigenvalue weighted by Gasteiger charge is -2.13. The summed E-state index contributed by atoms with van der Waals surface area (Å²) in [4.78, 5) is 13.3. The molecule has 7 heteroatoms. The molecule has 0 unspecified atom stereocenters. The molecule has 3 rings (SSSR count). The smallest absolute Gasteiger partial charge is 0.221 e. The molecule has 0 spiro atoms. The van der Waals surface area contributed by atoms with Crippen molar-refractivity contribution in [2.45, 2.75) is 23.3 Å². The number of aromatic hydroxyl groups is 1. The highest BCUT2D eigenvalue weighted by Gasteiger charge is 2.10. The van der Waals surface area contributed by atoms with Crippen molar-refractivity contribution >= 4 is 52.2 Å². The van der Waals surface area contributed by atoms with Crippen LogP contribution in [0.25, 0.3) is 0 Å². The van der Waals surface area contributed by atoms with Gasteiger partial charge in [0.2, 0.25) is 5.91 Å². The van der Waals surface area contributed by atoms with Gasteiger partial charge >= 0.3 is 0 Å². The van der Waals surface area contributed by atoms with Crippen molar-refractivity contribution in [2.75, 3.05) is 10.6 Å². The van der Waals surface area contributed by atoms with Gasteiger partial charge in [-0.15, -0.1) is 0 Å². The molecule has 0 saturated heterocycles. The van der Waals surface area contributed by atoms with Crippen molar-refractivity contribution < 1.29 is 9.90 Å². The van der Waals surface area contributed by atoms with E-state index in [0.717, 1.165) is 21.0 Å². The Morgan fingerprint density at radius 1 is 1.07 bits per heavy atom. The molecule has 0 heterocycles. The first-order chi connectivity index (χ1) is 13.4. The average molecular weight is 433 g/mol. The highest BCUT2D eigenvalue weighted by Crippen LogP contribution is 2.36. The van der Waals surface area contributed by atoms with Crippen molar-refractivity contribution in [1.82, 2.24) is 0 Å². The molecule has 144 valence electrons. The Morgan fingerprint density at radius 2 is 1.79 bits per heavy atom. The second kappa shape index (κ2) is 9.24. The van der Waals surface area contributed by atoms with Crippen LogP contribution in [0.2, 0.25) is 10.0 Å². The summed E-state index contributed by atoms with van der Waals surface area (Å²) < 4.78 is 0. The Labute approximate surface area is 177 Å². The maximum atomic E-state index is 11.1. The van der Waals surface area contributed by atoms with Gasteiger partial charge in [0.15, 0.2) is 5.75 Å². The van der Waals surface area contributed by atoms with Gasteiger partial charge < -0.3 is 15.7 Å². The first kappa shape index (κ1) is 20.4. The maximum Gasteiger partial charge on any atom is 0.221 e. The van der Waals surface area contributed by atoms with Gasteiger partial charge in [-0.05, 0) is 48.0 Å². The number of hydrogen-bond donors (Lipinski definition) is 3. The topological polar surface area (TPSA) is 61.4 Å². The number of anilines is 2. The number of benzene rings is 3. The van der Waals surface area contributed by atoms with Crippen molar-refractivity contribution in [3.8, 4) is 5.75 Å². The quantitative estimate of drug-likeness (QED) is 0.393. The number of nitrogens with one attached hydrogen (secondary N) is 2. The Balaban J connectivity index is 1.74. The summed E-state index contributed by atoms with van der Waals surface area (Å²) >= 11 is 13.6. The molecule has 0 aliphatic carbocycles. The van der Waals surface area contributed by atoms with E-state index >= 15 is 0 Å². The van der Waals surface area contributed by atoms with Gasteiger partial charge in [-0.1, -0.05) is 53.2 Å². The van der Waals surface area contributed by atoms with E-state index in [0.29, 0.717) is 17.3 Å². The molecule has 3 aromatic carbocycles. The summed E-state index contributed by atoms with van der Waals surface area (Å²) in [5, 5.41) is 16.7. The van der Waals surface area contributed by atoms with Gasteiger partial charge in [0, 0.05) is 34.0 Å². The van der Waals surface area contributed by atoms with E-state index in [2.05, 4.69) is 10.6 Å². The molecule has 1 amide bonds. The maximum absolute atomic E-state index is 11.1. The number of phenolic OH excluding ortho intramolecular Hbond substituents is 1. The molecule has 0 atom stereocenters. The number of carbonyl (C=O) groups excluding carboxylic acids is 1. The number of halogens is 2. The molecular formula is C21H18Cl2N2O2S. The van der Waals surface area contributed by atoms with Gasteiger partial charge in [-0.2, -0.15) is 0 Å². The van der Waals surface area contributed by atoms with Gasteiger partial charge in [0.25, 0.3) is 0 Å². The Bertz CT molecular complexity index is 994. The normalized spacial score (nSPS) is 10.5. The predicted octanol–water partition coefficient (Wildman–Crippen LogP) is 6.42. The first-order valence-corrected chi connectivity index (χ1v) is 10.0. The third-order valence-corrected chi connectivity index (χ3v) is 5.50. The summed E-state index contributed by atoms with van der Waals surface area (Å²) in [6.07, 6.45) is 0. The summed E-state index contributed by atoms with van der Waals surface area (Å²) in [7, 11) is 0. The zero-order chi connectivity index (χ0) is 20.1. The molecule has 4 nitrogen and oxygen atoms in total. The van der Waals surface area contributed by atoms with Crippen LogP contribution in [0.5, 0.6) is 5.75 Å². The lowest BCUT2D eigenvalue weighted by Crippen LogP contribution is -2.05. The van der Waals surface area contributed by atoms with Crippen LogP contribution in [0.3, 0.4) is 0 Å². The number of carbonyl (C=O) groups is 1. The largest absolute Gasteiger partial charge is 0.504 e. The fourth-order valence-electron chi connectivity index (χ4n) is 2.58. The molecule has 0 aliphatic rings. The number of hydrogen-bond acceptors (Lipinski definition) is 4. The van der Waals surface area contributed by atoms with Crippen LogP contribution in [0.4, 0.5) is 11.4 Å². The molecule has 0 bridgehead atoms.